The van der Waals surface area contributed by atoms with Gasteiger partial charge in [0.2, 0.25) is 0 Å². The van der Waals surface area contributed by atoms with Crippen molar-refractivity contribution >= 4 is 5.71 Å². The second-order valence-electron chi connectivity index (χ2n) is 2.59. The van der Waals surface area contributed by atoms with Crippen molar-refractivity contribution in [2.75, 3.05) is 13.1 Å². The lowest BCUT2D eigenvalue weighted by atomic mass is 10.3. The normalized spacial score (nSPS) is 16.5. The zero-order valence-electron chi connectivity index (χ0n) is 6.33. The van der Waals surface area contributed by atoms with Crippen LogP contribution in [0.5, 0.6) is 0 Å². The number of nitrogens with zero attached hydrogens (tertiary/aromatic N) is 3. The van der Waals surface area contributed by atoms with Crippen LogP contribution in [-0.2, 0) is 0 Å². The molecular weight excluding hydrogens is 128 g/mol. The average Bonchev–Trinajstić information content (AvgIpc) is 2.34. The molecule has 1 aliphatic heterocycles. The Morgan fingerprint density at radius 1 is 1.60 bits per heavy atom. The molecule has 0 unspecified atom stereocenters. The summed E-state index contributed by atoms with van der Waals surface area (Å²) in [6, 6.07) is 0.503. The first-order chi connectivity index (χ1) is 4.79. The van der Waals surface area contributed by atoms with Crippen LogP contribution in [0.25, 0.3) is 0 Å². The number of rotatable bonds is 3. The Labute approximate surface area is 60.4 Å². The molecule has 10 heavy (non-hydrogen) atoms. The minimum absolute atomic E-state index is 0.503. The van der Waals surface area contributed by atoms with Crippen LogP contribution in [0.15, 0.2) is 15.4 Å². The van der Waals surface area contributed by atoms with E-state index < -0.39 is 0 Å². The maximum Gasteiger partial charge on any atom is 0.104 e. The van der Waals surface area contributed by atoms with Gasteiger partial charge in [0, 0.05) is 12.6 Å². The highest BCUT2D eigenvalue weighted by atomic mass is 15.4. The van der Waals surface area contributed by atoms with Gasteiger partial charge in [0.15, 0.2) is 0 Å². The lowest BCUT2D eigenvalue weighted by Crippen LogP contribution is -2.29. The number of hydrogen-bond acceptors (Lipinski definition) is 4. The molecular formula is C6H12N4. The molecule has 1 N–H and O–H groups in total. The molecule has 4 heteroatoms. The average molecular weight is 140 g/mol. The van der Waals surface area contributed by atoms with Gasteiger partial charge in [-0.1, -0.05) is 13.8 Å². The molecule has 1 aliphatic rings. The van der Waals surface area contributed by atoms with E-state index in [1.165, 1.54) is 0 Å². The zero-order chi connectivity index (χ0) is 7.40. The van der Waals surface area contributed by atoms with E-state index in [1.54, 1.807) is 0 Å². The van der Waals surface area contributed by atoms with Gasteiger partial charge in [-0.15, -0.1) is 5.10 Å². The molecule has 0 atom stereocenters. The van der Waals surface area contributed by atoms with Gasteiger partial charge in [-0.3, -0.25) is 0 Å². The van der Waals surface area contributed by atoms with Crippen molar-refractivity contribution in [2.24, 2.45) is 15.4 Å². The molecule has 0 bridgehead atoms. The van der Waals surface area contributed by atoms with Crippen molar-refractivity contribution in [1.82, 2.24) is 5.32 Å². The predicted octanol–water partition coefficient (Wildman–Crippen LogP) is 0.806. The second kappa shape index (κ2) is 3.41. The molecule has 56 valence electrons. The van der Waals surface area contributed by atoms with Crippen LogP contribution < -0.4 is 5.32 Å². The lowest BCUT2D eigenvalue weighted by Gasteiger charge is -2.05. The van der Waals surface area contributed by atoms with Crippen LogP contribution in [0.4, 0.5) is 0 Å². The van der Waals surface area contributed by atoms with Gasteiger partial charge in [-0.2, -0.15) is 5.11 Å². The summed E-state index contributed by atoms with van der Waals surface area (Å²) < 4.78 is 0. The van der Waals surface area contributed by atoms with Crippen molar-refractivity contribution in [3.05, 3.63) is 0 Å². The third-order valence-corrected chi connectivity index (χ3v) is 1.22. The molecule has 0 saturated carbocycles. The molecule has 0 fully saturated rings. The highest BCUT2D eigenvalue weighted by Gasteiger charge is 2.03. The Bertz CT molecular complexity index is 159. The van der Waals surface area contributed by atoms with Crippen LogP contribution in [0.3, 0.4) is 0 Å². The molecule has 0 aliphatic carbocycles. The van der Waals surface area contributed by atoms with E-state index >= 15 is 0 Å². The fourth-order valence-electron chi connectivity index (χ4n) is 0.653. The third-order valence-electron chi connectivity index (χ3n) is 1.22. The Morgan fingerprint density at radius 2 is 2.40 bits per heavy atom. The highest BCUT2D eigenvalue weighted by Crippen LogP contribution is 1.92. The quantitative estimate of drug-likeness (QED) is 0.619. The van der Waals surface area contributed by atoms with E-state index in [-0.39, 0.29) is 0 Å². The first-order valence-electron chi connectivity index (χ1n) is 3.44. The Hall–Kier alpha value is -0.770. The van der Waals surface area contributed by atoms with Crippen LogP contribution in [0.2, 0.25) is 0 Å². The van der Waals surface area contributed by atoms with E-state index in [2.05, 4.69) is 34.6 Å². The van der Waals surface area contributed by atoms with E-state index in [0.717, 1.165) is 12.3 Å². The smallest absolute Gasteiger partial charge is 0.104 e. The molecule has 0 saturated heterocycles. The SMILES string of the molecule is CC(C)NCC1=NN=NC1. The summed E-state index contributed by atoms with van der Waals surface area (Å²) in [7, 11) is 0. The van der Waals surface area contributed by atoms with Crippen LogP contribution in [-0.4, -0.2) is 24.8 Å². The number of nitrogens with one attached hydrogen (secondary N) is 1. The largest absolute Gasteiger partial charge is 0.309 e. The number of hydrogen-bond donors (Lipinski definition) is 1. The minimum Gasteiger partial charge on any atom is -0.309 e. The zero-order valence-corrected chi connectivity index (χ0v) is 6.33. The summed E-state index contributed by atoms with van der Waals surface area (Å²) in [6.45, 7) is 5.68. The van der Waals surface area contributed by atoms with Crippen LogP contribution in [0.1, 0.15) is 13.8 Å². The summed E-state index contributed by atoms with van der Waals surface area (Å²) in [6.07, 6.45) is 0. The van der Waals surface area contributed by atoms with E-state index in [0.29, 0.717) is 12.6 Å². The monoisotopic (exact) mass is 140 g/mol. The van der Waals surface area contributed by atoms with E-state index in [9.17, 15) is 0 Å². The maximum atomic E-state index is 3.82. The highest BCUT2D eigenvalue weighted by molar-refractivity contribution is 5.88. The van der Waals surface area contributed by atoms with Crippen molar-refractivity contribution < 1.29 is 0 Å². The van der Waals surface area contributed by atoms with E-state index in [1.807, 2.05) is 0 Å². The molecule has 4 nitrogen and oxygen atoms in total. The second-order valence-corrected chi connectivity index (χ2v) is 2.59. The molecule has 0 amide bonds. The summed E-state index contributed by atoms with van der Waals surface area (Å²) in [5.41, 5.74) is 1.02. The predicted molar refractivity (Wildman–Crippen MR) is 40.3 cm³/mol. The Morgan fingerprint density at radius 3 is 2.90 bits per heavy atom. The summed E-state index contributed by atoms with van der Waals surface area (Å²) in [5.74, 6) is 0. The molecule has 1 rings (SSSR count). The van der Waals surface area contributed by atoms with Gasteiger partial charge in [-0.05, 0) is 5.22 Å². The Kier molecular flexibility index (Phi) is 2.50. The molecule has 0 aromatic rings. The standard InChI is InChI=1S/C6H12N4/c1-5(2)7-3-6-4-8-10-9-6/h5,7H,3-4H2,1-2H3. The van der Waals surface area contributed by atoms with Gasteiger partial charge in [0.25, 0.3) is 0 Å². The topological polar surface area (TPSA) is 49.1 Å². The molecule has 0 aromatic carbocycles. The van der Waals surface area contributed by atoms with Gasteiger partial charge >= 0.3 is 0 Å². The van der Waals surface area contributed by atoms with Gasteiger partial charge in [-0.25, -0.2) is 0 Å². The first-order valence-corrected chi connectivity index (χ1v) is 3.44. The summed E-state index contributed by atoms with van der Waals surface area (Å²) in [5, 5.41) is 14.3. The van der Waals surface area contributed by atoms with Gasteiger partial charge in [0.05, 0.1) is 5.71 Å². The van der Waals surface area contributed by atoms with Crippen LogP contribution >= 0.6 is 0 Å². The molecule has 0 aromatic heterocycles. The molecule has 0 spiro atoms. The van der Waals surface area contributed by atoms with E-state index in [4.69, 9.17) is 0 Å². The van der Waals surface area contributed by atoms with Gasteiger partial charge in [0.1, 0.15) is 6.54 Å². The Balaban J connectivity index is 2.15. The molecule has 0 radical (unpaired) electrons. The van der Waals surface area contributed by atoms with Crippen molar-refractivity contribution in [2.45, 2.75) is 19.9 Å². The lowest BCUT2D eigenvalue weighted by molar-refractivity contribution is 0.641. The third kappa shape index (κ3) is 2.23. The van der Waals surface area contributed by atoms with Crippen molar-refractivity contribution in [1.29, 1.82) is 0 Å². The van der Waals surface area contributed by atoms with Crippen LogP contribution in [0, 0.1) is 0 Å². The minimum atomic E-state index is 0.503. The van der Waals surface area contributed by atoms with Gasteiger partial charge < -0.3 is 5.32 Å². The summed E-state index contributed by atoms with van der Waals surface area (Å²) in [4.78, 5) is 0. The van der Waals surface area contributed by atoms with Crippen molar-refractivity contribution in [3.63, 3.8) is 0 Å². The maximum absolute atomic E-state index is 3.82. The first kappa shape index (κ1) is 7.34. The van der Waals surface area contributed by atoms with Crippen molar-refractivity contribution in [3.8, 4) is 0 Å². The molecule has 1 heterocycles. The fourth-order valence-corrected chi connectivity index (χ4v) is 0.653. The fraction of sp³-hybridized carbons (Fsp3) is 0.833. The summed E-state index contributed by atoms with van der Waals surface area (Å²) >= 11 is 0.